The zero-order valence-corrected chi connectivity index (χ0v) is 10.6. The number of hydrogen-bond acceptors (Lipinski definition) is 1. The standard InChI is InChI=1S/C14H18N2O/c1-10-9-16(13(17)15-10)12-7-5-11(6-8-12)14(2,3)4/h5-8H,1,9H2,2-4H3,(H,15,17). The first kappa shape index (κ1) is 11.7. The molecule has 0 aliphatic carbocycles. The Morgan fingerprint density at radius 2 is 1.82 bits per heavy atom. The van der Waals surface area contributed by atoms with E-state index < -0.39 is 0 Å². The molecule has 1 aliphatic heterocycles. The third-order valence-electron chi connectivity index (χ3n) is 2.92. The van der Waals surface area contributed by atoms with Gasteiger partial charge in [-0.05, 0) is 23.1 Å². The van der Waals surface area contributed by atoms with Crippen LogP contribution in [0.25, 0.3) is 0 Å². The fourth-order valence-corrected chi connectivity index (χ4v) is 1.87. The van der Waals surface area contributed by atoms with Gasteiger partial charge in [-0.15, -0.1) is 0 Å². The van der Waals surface area contributed by atoms with Gasteiger partial charge in [-0.2, -0.15) is 0 Å². The van der Waals surface area contributed by atoms with Crippen LogP contribution in [0, 0.1) is 0 Å². The highest BCUT2D eigenvalue weighted by Crippen LogP contribution is 2.26. The molecular weight excluding hydrogens is 212 g/mol. The molecule has 2 rings (SSSR count). The van der Waals surface area contributed by atoms with E-state index in [-0.39, 0.29) is 11.4 Å². The van der Waals surface area contributed by atoms with Gasteiger partial charge in [0.2, 0.25) is 0 Å². The maximum absolute atomic E-state index is 11.6. The van der Waals surface area contributed by atoms with Gasteiger partial charge < -0.3 is 5.32 Å². The van der Waals surface area contributed by atoms with Gasteiger partial charge >= 0.3 is 6.03 Å². The predicted molar refractivity (Wildman–Crippen MR) is 70.2 cm³/mol. The largest absolute Gasteiger partial charge is 0.326 e. The Hall–Kier alpha value is -1.77. The van der Waals surface area contributed by atoms with Crippen LogP contribution >= 0.6 is 0 Å². The van der Waals surface area contributed by atoms with Crippen LogP contribution in [0.3, 0.4) is 0 Å². The molecule has 0 spiro atoms. The molecule has 17 heavy (non-hydrogen) atoms. The van der Waals surface area contributed by atoms with Crippen LogP contribution in [-0.4, -0.2) is 12.6 Å². The van der Waals surface area contributed by atoms with Crippen molar-refractivity contribution in [3.63, 3.8) is 0 Å². The first-order valence-electron chi connectivity index (χ1n) is 5.75. The lowest BCUT2D eigenvalue weighted by Crippen LogP contribution is -2.27. The molecule has 1 N–H and O–H groups in total. The highest BCUT2D eigenvalue weighted by molar-refractivity contribution is 5.96. The smallest absolute Gasteiger partial charge is 0.310 e. The number of nitrogens with one attached hydrogen (secondary N) is 1. The molecule has 0 unspecified atom stereocenters. The number of carbonyl (C=O) groups excluding carboxylic acids is 1. The highest BCUT2D eigenvalue weighted by atomic mass is 16.2. The maximum atomic E-state index is 11.6. The second-order valence-electron chi connectivity index (χ2n) is 5.42. The fraction of sp³-hybridized carbons (Fsp3) is 0.357. The van der Waals surface area contributed by atoms with E-state index in [1.54, 1.807) is 4.90 Å². The van der Waals surface area contributed by atoms with E-state index in [1.165, 1.54) is 5.56 Å². The van der Waals surface area contributed by atoms with Crippen molar-refractivity contribution < 1.29 is 4.79 Å². The average molecular weight is 230 g/mol. The number of rotatable bonds is 1. The molecule has 2 amide bonds. The minimum absolute atomic E-state index is 0.0986. The Labute approximate surface area is 102 Å². The third-order valence-corrected chi connectivity index (χ3v) is 2.92. The average Bonchev–Trinajstić information content (AvgIpc) is 2.57. The summed E-state index contributed by atoms with van der Waals surface area (Å²) in [5.74, 6) is 0. The molecule has 0 saturated carbocycles. The van der Waals surface area contributed by atoms with Crippen LogP contribution in [0.15, 0.2) is 36.5 Å². The monoisotopic (exact) mass is 230 g/mol. The van der Waals surface area contributed by atoms with E-state index in [1.807, 2.05) is 12.1 Å². The van der Waals surface area contributed by atoms with Crippen molar-refractivity contribution >= 4 is 11.7 Å². The van der Waals surface area contributed by atoms with Crippen LogP contribution in [-0.2, 0) is 5.41 Å². The number of hydrogen-bond donors (Lipinski definition) is 1. The molecule has 1 aromatic rings. The van der Waals surface area contributed by atoms with E-state index in [2.05, 4.69) is 44.8 Å². The van der Waals surface area contributed by atoms with Crippen molar-refractivity contribution in [2.75, 3.05) is 11.4 Å². The summed E-state index contributed by atoms with van der Waals surface area (Å²) in [6.07, 6.45) is 0. The van der Waals surface area contributed by atoms with E-state index >= 15 is 0 Å². The van der Waals surface area contributed by atoms with E-state index in [0.29, 0.717) is 6.54 Å². The molecule has 1 saturated heterocycles. The predicted octanol–water partition coefficient (Wildman–Crippen LogP) is 3.03. The Morgan fingerprint density at radius 3 is 2.24 bits per heavy atom. The molecule has 0 bridgehead atoms. The molecule has 1 aliphatic rings. The van der Waals surface area contributed by atoms with E-state index in [0.717, 1.165) is 11.4 Å². The van der Waals surface area contributed by atoms with Gasteiger partial charge in [-0.25, -0.2) is 4.79 Å². The highest BCUT2D eigenvalue weighted by Gasteiger charge is 2.24. The van der Waals surface area contributed by atoms with Gasteiger partial charge in [-0.3, -0.25) is 4.90 Å². The zero-order valence-electron chi connectivity index (χ0n) is 10.6. The number of amides is 2. The van der Waals surface area contributed by atoms with Crippen molar-refractivity contribution in [1.29, 1.82) is 0 Å². The molecule has 3 nitrogen and oxygen atoms in total. The summed E-state index contributed by atoms with van der Waals surface area (Å²) in [4.78, 5) is 13.3. The lowest BCUT2D eigenvalue weighted by molar-refractivity contribution is 0.252. The maximum Gasteiger partial charge on any atom is 0.326 e. The second kappa shape index (κ2) is 3.91. The summed E-state index contributed by atoms with van der Waals surface area (Å²) in [5, 5.41) is 2.70. The van der Waals surface area contributed by atoms with Crippen molar-refractivity contribution in [1.82, 2.24) is 5.32 Å². The molecule has 1 heterocycles. The van der Waals surface area contributed by atoms with Gasteiger partial charge in [-0.1, -0.05) is 39.5 Å². The molecule has 3 heteroatoms. The topological polar surface area (TPSA) is 32.3 Å². The zero-order chi connectivity index (χ0) is 12.6. The Balaban J connectivity index is 2.24. The summed E-state index contributed by atoms with van der Waals surface area (Å²) in [6.45, 7) is 10.8. The Kier molecular flexibility index (Phi) is 2.69. The lowest BCUT2D eigenvalue weighted by Gasteiger charge is -2.20. The number of urea groups is 1. The van der Waals surface area contributed by atoms with Gasteiger partial charge in [0.15, 0.2) is 0 Å². The third kappa shape index (κ3) is 2.33. The van der Waals surface area contributed by atoms with Crippen LogP contribution in [0.5, 0.6) is 0 Å². The molecule has 0 radical (unpaired) electrons. The van der Waals surface area contributed by atoms with Gasteiger partial charge in [0.05, 0.1) is 6.54 Å². The van der Waals surface area contributed by atoms with Gasteiger partial charge in [0.25, 0.3) is 0 Å². The molecule has 0 atom stereocenters. The lowest BCUT2D eigenvalue weighted by atomic mass is 9.87. The summed E-state index contributed by atoms with van der Waals surface area (Å²) in [6, 6.07) is 8.02. The SMILES string of the molecule is C=C1CN(c2ccc(C(C)(C)C)cc2)C(=O)N1. The summed E-state index contributed by atoms with van der Waals surface area (Å²) in [5.41, 5.74) is 3.05. The molecule has 0 aromatic heterocycles. The van der Waals surface area contributed by atoms with Crippen LogP contribution < -0.4 is 10.2 Å². The quantitative estimate of drug-likeness (QED) is 0.790. The molecule has 90 valence electrons. The van der Waals surface area contributed by atoms with Gasteiger partial charge in [0, 0.05) is 11.4 Å². The first-order valence-corrected chi connectivity index (χ1v) is 5.75. The number of carbonyl (C=O) groups is 1. The van der Waals surface area contributed by atoms with Crippen LogP contribution in [0.4, 0.5) is 10.5 Å². The Bertz CT molecular complexity index is 454. The van der Waals surface area contributed by atoms with Crippen molar-refractivity contribution in [2.45, 2.75) is 26.2 Å². The van der Waals surface area contributed by atoms with Crippen molar-refractivity contribution in [3.05, 3.63) is 42.1 Å². The molecule has 1 fully saturated rings. The molecular formula is C14H18N2O. The summed E-state index contributed by atoms with van der Waals surface area (Å²) < 4.78 is 0. The fourth-order valence-electron chi connectivity index (χ4n) is 1.87. The van der Waals surface area contributed by atoms with Crippen LogP contribution in [0.2, 0.25) is 0 Å². The number of anilines is 1. The van der Waals surface area contributed by atoms with Crippen LogP contribution in [0.1, 0.15) is 26.3 Å². The van der Waals surface area contributed by atoms with E-state index in [9.17, 15) is 4.79 Å². The van der Waals surface area contributed by atoms with Gasteiger partial charge in [0.1, 0.15) is 0 Å². The molecule has 1 aromatic carbocycles. The second-order valence-corrected chi connectivity index (χ2v) is 5.42. The van der Waals surface area contributed by atoms with Crippen molar-refractivity contribution in [3.8, 4) is 0 Å². The minimum Gasteiger partial charge on any atom is -0.310 e. The summed E-state index contributed by atoms with van der Waals surface area (Å²) >= 11 is 0. The van der Waals surface area contributed by atoms with Crippen molar-refractivity contribution in [2.24, 2.45) is 0 Å². The first-order chi connectivity index (χ1) is 7.88. The van der Waals surface area contributed by atoms with E-state index in [4.69, 9.17) is 0 Å². The Morgan fingerprint density at radius 1 is 1.24 bits per heavy atom. The minimum atomic E-state index is -0.0986. The number of benzene rings is 1. The summed E-state index contributed by atoms with van der Waals surface area (Å²) in [7, 11) is 0. The number of nitrogens with zero attached hydrogens (tertiary/aromatic N) is 1. The normalized spacial score (nSPS) is 16.3.